The maximum Gasteiger partial charge on any atom is 0.297 e. The molecule has 0 saturated carbocycles. The van der Waals surface area contributed by atoms with Gasteiger partial charge < -0.3 is 0 Å². The molecule has 2 aromatic heterocycles. The summed E-state index contributed by atoms with van der Waals surface area (Å²) < 4.78 is 7.82. The van der Waals surface area contributed by atoms with E-state index in [-0.39, 0.29) is 5.56 Å². The van der Waals surface area contributed by atoms with Crippen LogP contribution in [0.1, 0.15) is 11.4 Å². The summed E-state index contributed by atoms with van der Waals surface area (Å²) in [6.45, 7) is 1.84. The molecule has 0 atom stereocenters. The summed E-state index contributed by atoms with van der Waals surface area (Å²) in [6.07, 6.45) is 1.46. The molecule has 0 radical (unpaired) electrons. The molecule has 8 heteroatoms. The van der Waals surface area contributed by atoms with Gasteiger partial charge in [-0.2, -0.15) is 4.37 Å². The first-order valence-electron chi connectivity index (χ1n) is 6.69. The average Bonchev–Trinajstić information content (AvgIpc) is 2.98. The van der Waals surface area contributed by atoms with Crippen molar-refractivity contribution < 1.29 is 0 Å². The van der Waals surface area contributed by atoms with Crippen LogP contribution >= 0.6 is 34.7 Å². The summed E-state index contributed by atoms with van der Waals surface area (Å²) >= 11 is 13.0. The Hall–Kier alpha value is -1.89. The van der Waals surface area contributed by atoms with Crippen molar-refractivity contribution in [1.29, 1.82) is 0 Å². The van der Waals surface area contributed by atoms with E-state index in [1.54, 1.807) is 9.36 Å². The Balaban J connectivity index is 2.08. The lowest BCUT2D eigenvalue weighted by atomic mass is 10.3. The highest BCUT2D eigenvalue weighted by Gasteiger charge is 2.15. The van der Waals surface area contributed by atoms with Gasteiger partial charge in [0.25, 0.3) is 5.56 Å². The van der Waals surface area contributed by atoms with E-state index in [0.717, 1.165) is 22.9 Å². The second-order valence-corrected chi connectivity index (χ2v) is 6.58. The van der Waals surface area contributed by atoms with Crippen molar-refractivity contribution in [2.24, 2.45) is 12.0 Å². The number of hydrogen-bond donors (Lipinski definition) is 0. The largest absolute Gasteiger partial charge is 0.297 e. The summed E-state index contributed by atoms with van der Waals surface area (Å²) in [4.78, 5) is 17.0. The van der Waals surface area contributed by atoms with E-state index >= 15 is 0 Å². The Kier molecular flexibility index (Phi) is 4.39. The van der Waals surface area contributed by atoms with Gasteiger partial charge in [-0.3, -0.25) is 9.48 Å². The van der Waals surface area contributed by atoms with Crippen molar-refractivity contribution in [1.82, 2.24) is 13.7 Å². The second-order valence-electron chi connectivity index (χ2n) is 4.82. The summed E-state index contributed by atoms with van der Waals surface area (Å²) in [7, 11) is 1.81. The predicted octanol–water partition coefficient (Wildman–Crippen LogP) is 4.00. The van der Waals surface area contributed by atoms with Gasteiger partial charge in [0.15, 0.2) is 5.69 Å². The third-order valence-corrected chi connectivity index (χ3v) is 5.10. The van der Waals surface area contributed by atoms with Gasteiger partial charge in [-0.1, -0.05) is 41.4 Å². The highest BCUT2D eigenvalue weighted by molar-refractivity contribution is 7.11. The fourth-order valence-electron chi connectivity index (χ4n) is 2.18. The van der Waals surface area contributed by atoms with Gasteiger partial charge in [0, 0.05) is 7.05 Å². The van der Waals surface area contributed by atoms with Crippen LogP contribution in [0.5, 0.6) is 0 Å². The molecule has 1 aromatic carbocycles. The molecular formula is C15H12Cl2N4OS. The molecule has 23 heavy (non-hydrogen) atoms. The zero-order valence-electron chi connectivity index (χ0n) is 12.3. The first-order valence-corrected chi connectivity index (χ1v) is 8.22. The predicted molar refractivity (Wildman–Crippen MR) is 95.1 cm³/mol. The molecule has 3 aromatic rings. The first kappa shape index (κ1) is 16.0. The van der Waals surface area contributed by atoms with E-state index in [1.807, 2.05) is 44.3 Å². The summed E-state index contributed by atoms with van der Waals surface area (Å²) in [5.41, 5.74) is 2.11. The number of hydrogen-bond acceptors (Lipinski definition) is 4. The van der Waals surface area contributed by atoms with Crippen LogP contribution in [0.4, 0.5) is 5.69 Å². The van der Waals surface area contributed by atoms with E-state index in [0.29, 0.717) is 20.7 Å². The molecule has 0 spiro atoms. The van der Waals surface area contributed by atoms with Crippen molar-refractivity contribution in [2.45, 2.75) is 6.92 Å². The molecule has 0 amide bonds. The lowest BCUT2D eigenvalue weighted by molar-refractivity contribution is 0.630. The quantitative estimate of drug-likeness (QED) is 0.657. The van der Waals surface area contributed by atoms with Crippen LogP contribution in [0.3, 0.4) is 0 Å². The van der Waals surface area contributed by atoms with Gasteiger partial charge in [0.1, 0.15) is 10.0 Å². The molecule has 0 aliphatic carbocycles. The number of benzene rings is 1. The maximum atomic E-state index is 12.7. The van der Waals surface area contributed by atoms with Crippen molar-refractivity contribution in [3.63, 3.8) is 0 Å². The summed E-state index contributed by atoms with van der Waals surface area (Å²) in [6, 6.07) is 9.39. The number of para-hydroxylation sites is 1. The summed E-state index contributed by atoms with van der Waals surface area (Å²) in [5, 5.41) is 0.345. The molecule has 3 rings (SSSR count). The molecular weight excluding hydrogens is 355 g/mol. The average molecular weight is 367 g/mol. The highest BCUT2D eigenvalue weighted by atomic mass is 35.5. The standard InChI is InChI=1S/C15H12Cl2N4OS/c1-9-13(18-8-11-12(16)14(17)23-19-11)15(22)21(20(9)2)10-6-4-3-5-7-10/h3-8H,1-2H3. The Morgan fingerprint density at radius 1 is 1.26 bits per heavy atom. The monoisotopic (exact) mass is 366 g/mol. The lowest BCUT2D eigenvalue weighted by Gasteiger charge is -2.07. The molecule has 2 heterocycles. The number of rotatable bonds is 3. The van der Waals surface area contributed by atoms with Gasteiger partial charge in [0.05, 0.1) is 22.6 Å². The van der Waals surface area contributed by atoms with E-state index in [9.17, 15) is 4.79 Å². The van der Waals surface area contributed by atoms with Crippen LogP contribution in [0.15, 0.2) is 40.1 Å². The minimum absolute atomic E-state index is 0.204. The summed E-state index contributed by atoms with van der Waals surface area (Å²) in [5.74, 6) is 0. The van der Waals surface area contributed by atoms with Crippen molar-refractivity contribution in [3.05, 3.63) is 61.4 Å². The Labute approximate surface area is 146 Å². The van der Waals surface area contributed by atoms with Crippen LogP contribution < -0.4 is 5.56 Å². The molecule has 0 fully saturated rings. The van der Waals surface area contributed by atoms with Crippen LogP contribution in [-0.2, 0) is 7.05 Å². The van der Waals surface area contributed by atoms with E-state index in [1.165, 1.54) is 6.21 Å². The van der Waals surface area contributed by atoms with Crippen molar-refractivity contribution >= 4 is 46.6 Å². The minimum Gasteiger partial charge on any atom is -0.283 e. The molecule has 0 unspecified atom stereocenters. The minimum atomic E-state index is -0.204. The molecule has 0 aliphatic heterocycles. The zero-order valence-corrected chi connectivity index (χ0v) is 14.7. The maximum absolute atomic E-state index is 12.7. The normalized spacial score (nSPS) is 11.5. The number of aliphatic imine (C=N–C) groups is 1. The number of halogens is 2. The van der Waals surface area contributed by atoms with Crippen LogP contribution in [-0.4, -0.2) is 20.0 Å². The third-order valence-electron chi connectivity index (χ3n) is 3.46. The molecule has 118 valence electrons. The van der Waals surface area contributed by atoms with E-state index in [2.05, 4.69) is 9.37 Å². The van der Waals surface area contributed by atoms with Crippen LogP contribution in [0, 0.1) is 6.92 Å². The Bertz CT molecular complexity index is 941. The Morgan fingerprint density at radius 3 is 2.57 bits per heavy atom. The van der Waals surface area contributed by atoms with Crippen LogP contribution in [0.25, 0.3) is 5.69 Å². The second kappa shape index (κ2) is 6.31. The van der Waals surface area contributed by atoms with Gasteiger partial charge in [0.2, 0.25) is 0 Å². The SMILES string of the molecule is Cc1c(N=Cc2nsc(Cl)c2Cl)c(=O)n(-c2ccccc2)n1C. The number of aromatic nitrogens is 3. The fraction of sp³-hybridized carbons (Fsp3) is 0.133. The van der Waals surface area contributed by atoms with Gasteiger partial charge >= 0.3 is 0 Å². The van der Waals surface area contributed by atoms with Gasteiger partial charge in [-0.15, -0.1) is 0 Å². The molecule has 0 saturated heterocycles. The number of nitrogens with zero attached hydrogens (tertiary/aromatic N) is 4. The van der Waals surface area contributed by atoms with Crippen LogP contribution in [0.2, 0.25) is 9.36 Å². The van der Waals surface area contributed by atoms with E-state index in [4.69, 9.17) is 23.2 Å². The van der Waals surface area contributed by atoms with Crippen molar-refractivity contribution in [2.75, 3.05) is 0 Å². The molecule has 0 bridgehead atoms. The molecule has 0 N–H and O–H groups in total. The van der Waals surface area contributed by atoms with Gasteiger partial charge in [-0.05, 0) is 30.6 Å². The topological polar surface area (TPSA) is 52.2 Å². The Morgan fingerprint density at radius 2 is 1.96 bits per heavy atom. The first-order chi connectivity index (χ1) is 11.0. The molecule has 5 nitrogen and oxygen atoms in total. The third kappa shape index (κ3) is 2.85. The van der Waals surface area contributed by atoms with E-state index < -0.39 is 0 Å². The van der Waals surface area contributed by atoms with Crippen molar-refractivity contribution in [3.8, 4) is 5.69 Å². The smallest absolute Gasteiger partial charge is 0.283 e. The molecule has 0 aliphatic rings. The zero-order chi connectivity index (χ0) is 16.6. The fourth-order valence-corrected chi connectivity index (χ4v) is 3.13. The van der Waals surface area contributed by atoms with Gasteiger partial charge in [-0.25, -0.2) is 9.67 Å². The lowest BCUT2D eigenvalue weighted by Crippen LogP contribution is -2.19. The highest BCUT2D eigenvalue weighted by Crippen LogP contribution is 2.28.